The number of nitrogens with zero attached hydrogens (tertiary/aromatic N) is 1. The fourth-order valence-corrected chi connectivity index (χ4v) is 3.26. The quantitative estimate of drug-likeness (QED) is 0.795. The maximum atomic E-state index is 12.0. The Bertz CT molecular complexity index is 585. The number of carbonyl (C=O) groups excluding carboxylic acids is 1. The van der Waals surface area contributed by atoms with Gasteiger partial charge in [0.1, 0.15) is 5.75 Å². The molecule has 1 aliphatic heterocycles. The molecule has 3 unspecified atom stereocenters. The van der Waals surface area contributed by atoms with Gasteiger partial charge in [0.25, 0.3) is 0 Å². The van der Waals surface area contributed by atoms with E-state index in [2.05, 4.69) is 19.2 Å². The average molecular weight is 332 g/mol. The zero-order valence-corrected chi connectivity index (χ0v) is 15.2. The van der Waals surface area contributed by atoms with E-state index in [-0.39, 0.29) is 18.0 Å². The largest absolute Gasteiger partial charge is 0.497 e. The maximum Gasteiger partial charge on any atom is 0.246 e. The molecule has 0 spiro atoms. The smallest absolute Gasteiger partial charge is 0.246 e. The number of anilines is 1. The van der Waals surface area contributed by atoms with Crippen molar-refractivity contribution in [2.24, 2.45) is 0 Å². The summed E-state index contributed by atoms with van der Waals surface area (Å²) in [4.78, 5) is 13.7. The monoisotopic (exact) mass is 332 g/mol. The van der Waals surface area contributed by atoms with E-state index in [1.807, 2.05) is 37.4 Å². The highest BCUT2D eigenvalue weighted by molar-refractivity contribution is 5.90. The molecule has 5 nitrogen and oxygen atoms in total. The molecule has 132 valence electrons. The number of amides is 1. The topological polar surface area (TPSA) is 50.8 Å². The Labute approximate surface area is 144 Å². The number of methoxy groups -OCH3 is 2. The van der Waals surface area contributed by atoms with Crippen LogP contribution in [0.3, 0.4) is 0 Å². The van der Waals surface area contributed by atoms with E-state index in [0.717, 1.165) is 24.3 Å². The van der Waals surface area contributed by atoms with Crippen LogP contribution >= 0.6 is 0 Å². The number of hydrogen-bond acceptors (Lipinski definition) is 4. The second-order valence-corrected chi connectivity index (χ2v) is 6.42. The van der Waals surface area contributed by atoms with E-state index in [1.54, 1.807) is 25.2 Å². The summed E-state index contributed by atoms with van der Waals surface area (Å²) in [7, 11) is 5.22. The summed E-state index contributed by atoms with van der Waals surface area (Å²) in [5.41, 5.74) is 0.573. The molecule has 2 rings (SSSR count). The Morgan fingerprint density at radius 1 is 1.29 bits per heavy atom. The van der Waals surface area contributed by atoms with Gasteiger partial charge in [-0.1, -0.05) is 19.4 Å². The first-order chi connectivity index (χ1) is 11.4. The van der Waals surface area contributed by atoms with Crippen LogP contribution in [0.25, 0.3) is 0 Å². The van der Waals surface area contributed by atoms with Crippen LogP contribution in [0, 0.1) is 0 Å². The Hall–Kier alpha value is -2.01. The lowest BCUT2D eigenvalue weighted by atomic mass is 9.85. The first-order valence-electron chi connectivity index (χ1n) is 8.36. The Morgan fingerprint density at radius 3 is 2.42 bits per heavy atom. The molecule has 0 aliphatic carbocycles. The molecule has 0 saturated heterocycles. The van der Waals surface area contributed by atoms with Gasteiger partial charge in [-0.05, 0) is 37.6 Å². The fraction of sp³-hybridized carbons (Fsp3) is 0.526. The van der Waals surface area contributed by atoms with E-state index >= 15 is 0 Å². The minimum Gasteiger partial charge on any atom is -0.497 e. The van der Waals surface area contributed by atoms with Gasteiger partial charge in [-0.2, -0.15) is 0 Å². The summed E-state index contributed by atoms with van der Waals surface area (Å²) in [6.07, 6.45) is 5.48. The van der Waals surface area contributed by atoms with E-state index in [4.69, 9.17) is 9.47 Å². The first kappa shape index (κ1) is 18.3. The lowest BCUT2D eigenvalue weighted by Gasteiger charge is -2.42. The van der Waals surface area contributed by atoms with Crippen LogP contribution in [0.1, 0.15) is 26.7 Å². The second kappa shape index (κ2) is 7.71. The zero-order chi connectivity index (χ0) is 17.7. The molecule has 0 saturated carbocycles. The van der Waals surface area contributed by atoms with Crippen molar-refractivity contribution < 1.29 is 14.3 Å². The van der Waals surface area contributed by atoms with Crippen molar-refractivity contribution >= 4 is 11.6 Å². The number of nitrogens with one attached hydrogen (secondary N) is 1. The van der Waals surface area contributed by atoms with Crippen LogP contribution in [-0.2, 0) is 9.53 Å². The molecule has 1 heterocycles. The summed E-state index contributed by atoms with van der Waals surface area (Å²) in [6, 6.07) is 7.67. The van der Waals surface area contributed by atoms with Crippen LogP contribution < -0.4 is 10.1 Å². The van der Waals surface area contributed by atoms with E-state index in [0.29, 0.717) is 0 Å². The Kier molecular flexibility index (Phi) is 5.89. The van der Waals surface area contributed by atoms with Crippen molar-refractivity contribution in [3.63, 3.8) is 0 Å². The second-order valence-electron chi connectivity index (χ2n) is 6.42. The molecule has 1 N–H and O–H groups in total. The molecule has 24 heavy (non-hydrogen) atoms. The summed E-state index contributed by atoms with van der Waals surface area (Å²) >= 11 is 0. The van der Waals surface area contributed by atoms with E-state index in [1.165, 1.54) is 0 Å². The highest BCUT2D eigenvalue weighted by atomic mass is 16.5. The van der Waals surface area contributed by atoms with Crippen LogP contribution in [-0.4, -0.2) is 49.8 Å². The zero-order valence-electron chi connectivity index (χ0n) is 15.2. The van der Waals surface area contributed by atoms with Gasteiger partial charge in [0.2, 0.25) is 5.91 Å². The Morgan fingerprint density at radius 2 is 1.96 bits per heavy atom. The van der Waals surface area contributed by atoms with Gasteiger partial charge in [-0.25, -0.2) is 0 Å². The predicted octanol–water partition coefficient (Wildman–Crippen LogP) is 3.08. The number of rotatable bonds is 8. The Balaban J connectivity index is 2.31. The SMILES string of the molecule is CCCC(C)(OC)C(Nc1ccc(OC)cc1)C1C=CC(=O)N1C. The van der Waals surface area contributed by atoms with Crippen molar-refractivity contribution in [1.29, 1.82) is 0 Å². The standard InChI is InChI=1S/C19H28N2O3/c1-6-13-19(2,24-5)18(16-11-12-17(22)21(16)3)20-14-7-9-15(23-4)10-8-14/h7-12,16,18,20H,6,13H2,1-5H3. The van der Waals surface area contributed by atoms with Crippen LogP contribution in [0.15, 0.2) is 36.4 Å². The van der Waals surface area contributed by atoms with Crippen molar-refractivity contribution in [3.05, 3.63) is 36.4 Å². The van der Waals surface area contributed by atoms with Gasteiger partial charge >= 0.3 is 0 Å². The molecule has 1 aromatic carbocycles. The minimum absolute atomic E-state index is 0.0245. The van der Waals surface area contributed by atoms with Gasteiger partial charge in [-0.15, -0.1) is 0 Å². The van der Waals surface area contributed by atoms with E-state index < -0.39 is 5.60 Å². The van der Waals surface area contributed by atoms with Crippen LogP contribution in [0.2, 0.25) is 0 Å². The number of ether oxygens (including phenoxy) is 2. The highest BCUT2D eigenvalue weighted by Gasteiger charge is 2.42. The maximum absolute atomic E-state index is 12.0. The molecular weight excluding hydrogens is 304 g/mol. The summed E-state index contributed by atoms with van der Waals surface area (Å²) in [6.45, 7) is 4.24. The molecule has 5 heteroatoms. The number of hydrogen-bond donors (Lipinski definition) is 1. The molecule has 0 radical (unpaired) electrons. The third-order valence-corrected chi connectivity index (χ3v) is 4.86. The molecular formula is C19H28N2O3. The predicted molar refractivity (Wildman–Crippen MR) is 96.4 cm³/mol. The molecule has 1 amide bonds. The van der Waals surface area contributed by atoms with Gasteiger partial charge in [0.15, 0.2) is 0 Å². The lowest BCUT2D eigenvalue weighted by molar-refractivity contribution is -0.126. The first-order valence-corrected chi connectivity index (χ1v) is 8.36. The average Bonchev–Trinajstić information content (AvgIpc) is 2.92. The van der Waals surface area contributed by atoms with Crippen molar-refractivity contribution in [2.75, 3.05) is 26.6 Å². The fourth-order valence-electron chi connectivity index (χ4n) is 3.26. The van der Waals surface area contributed by atoms with Crippen molar-refractivity contribution in [1.82, 2.24) is 4.90 Å². The summed E-state index contributed by atoms with van der Waals surface area (Å²) < 4.78 is 11.1. The van der Waals surface area contributed by atoms with Gasteiger partial charge in [-0.3, -0.25) is 4.79 Å². The molecule has 1 aliphatic rings. The molecule has 1 aromatic rings. The van der Waals surface area contributed by atoms with Crippen LogP contribution in [0.4, 0.5) is 5.69 Å². The third-order valence-electron chi connectivity index (χ3n) is 4.86. The third kappa shape index (κ3) is 3.73. The van der Waals surface area contributed by atoms with E-state index in [9.17, 15) is 4.79 Å². The van der Waals surface area contributed by atoms with Crippen LogP contribution in [0.5, 0.6) is 5.75 Å². The van der Waals surface area contributed by atoms with Crippen molar-refractivity contribution in [2.45, 2.75) is 44.4 Å². The molecule has 0 aromatic heterocycles. The number of benzene rings is 1. The molecule has 0 fully saturated rings. The number of likely N-dealkylation sites (N-methyl/N-ethyl adjacent to an activating group) is 1. The van der Waals surface area contributed by atoms with Crippen molar-refractivity contribution in [3.8, 4) is 5.75 Å². The number of carbonyl (C=O) groups is 1. The minimum atomic E-state index is -0.400. The lowest BCUT2D eigenvalue weighted by Crippen LogP contribution is -2.56. The molecule has 3 atom stereocenters. The summed E-state index contributed by atoms with van der Waals surface area (Å²) in [5, 5.41) is 3.57. The molecule has 0 bridgehead atoms. The van der Waals surface area contributed by atoms with Gasteiger partial charge in [0, 0.05) is 25.9 Å². The van der Waals surface area contributed by atoms with Gasteiger partial charge in [0.05, 0.1) is 24.8 Å². The van der Waals surface area contributed by atoms with Gasteiger partial charge < -0.3 is 19.7 Å². The summed E-state index contributed by atoms with van der Waals surface area (Å²) in [5.74, 6) is 0.838. The normalized spacial score (nSPS) is 20.8. The highest BCUT2D eigenvalue weighted by Crippen LogP contribution is 2.31.